The summed E-state index contributed by atoms with van der Waals surface area (Å²) in [5, 5.41) is 10.9. The van der Waals surface area contributed by atoms with Crippen molar-refractivity contribution < 1.29 is 19.4 Å². The minimum Gasteiger partial charge on any atom is -0.491 e. The maximum Gasteiger partial charge on any atom is 0.253 e. The molecule has 1 saturated heterocycles. The lowest BCUT2D eigenvalue weighted by Gasteiger charge is -2.39. The van der Waals surface area contributed by atoms with Crippen LogP contribution in [0.4, 0.5) is 0 Å². The van der Waals surface area contributed by atoms with Gasteiger partial charge in [0.1, 0.15) is 18.0 Å². The topological polar surface area (TPSA) is 59.0 Å². The Hall–Kier alpha value is -2.37. The highest BCUT2D eigenvalue weighted by molar-refractivity contribution is 5.94. The van der Waals surface area contributed by atoms with Crippen LogP contribution in [0.25, 0.3) is 0 Å². The SMILES string of the molecule is COCc1cccc(C(=O)N2CCCC(O)(COc3ccccc3)C2)c1. The summed E-state index contributed by atoms with van der Waals surface area (Å²) in [6.45, 7) is 1.55. The van der Waals surface area contributed by atoms with Gasteiger partial charge in [-0.15, -0.1) is 0 Å². The molecule has 5 nitrogen and oxygen atoms in total. The van der Waals surface area contributed by atoms with Gasteiger partial charge in [0.25, 0.3) is 5.91 Å². The van der Waals surface area contributed by atoms with E-state index in [4.69, 9.17) is 9.47 Å². The van der Waals surface area contributed by atoms with Crippen LogP contribution in [-0.2, 0) is 11.3 Å². The van der Waals surface area contributed by atoms with Crippen LogP contribution in [0.5, 0.6) is 5.75 Å². The first kappa shape index (κ1) is 18.4. The molecular formula is C21H25NO4. The van der Waals surface area contributed by atoms with Gasteiger partial charge in [0.05, 0.1) is 13.2 Å². The number of likely N-dealkylation sites (tertiary alicyclic amines) is 1. The van der Waals surface area contributed by atoms with E-state index in [9.17, 15) is 9.90 Å². The second kappa shape index (κ2) is 8.34. The van der Waals surface area contributed by atoms with Crippen molar-refractivity contribution >= 4 is 5.91 Å². The summed E-state index contributed by atoms with van der Waals surface area (Å²) < 4.78 is 10.9. The van der Waals surface area contributed by atoms with Crippen molar-refractivity contribution in [3.8, 4) is 5.75 Å². The highest BCUT2D eigenvalue weighted by Gasteiger charge is 2.36. The van der Waals surface area contributed by atoms with Gasteiger partial charge in [0.15, 0.2) is 0 Å². The Morgan fingerprint density at radius 2 is 2.00 bits per heavy atom. The first-order valence-corrected chi connectivity index (χ1v) is 8.87. The Morgan fingerprint density at radius 3 is 2.77 bits per heavy atom. The number of piperidine rings is 1. The van der Waals surface area contributed by atoms with E-state index >= 15 is 0 Å². The van der Waals surface area contributed by atoms with Crippen LogP contribution < -0.4 is 4.74 Å². The van der Waals surface area contributed by atoms with Crippen LogP contribution in [0.1, 0.15) is 28.8 Å². The second-order valence-electron chi connectivity index (χ2n) is 6.79. The third-order valence-electron chi connectivity index (χ3n) is 4.58. The Balaban J connectivity index is 1.65. The van der Waals surface area contributed by atoms with Gasteiger partial charge in [-0.2, -0.15) is 0 Å². The molecule has 0 spiro atoms. The Kier molecular flexibility index (Phi) is 5.91. The highest BCUT2D eigenvalue weighted by Crippen LogP contribution is 2.24. The molecule has 1 aliphatic rings. The van der Waals surface area contributed by atoms with E-state index in [2.05, 4.69) is 0 Å². The summed E-state index contributed by atoms with van der Waals surface area (Å²) >= 11 is 0. The number of ether oxygens (including phenoxy) is 2. The molecule has 138 valence electrons. The maximum absolute atomic E-state index is 12.9. The van der Waals surface area contributed by atoms with Gasteiger partial charge in [-0.25, -0.2) is 0 Å². The lowest BCUT2D eigenvalue weighted by molar-refractivity contribution is -0.0532. The minimum atomic E-state index is -1.03. The summed E-state index contributed by atoms with van der Waals surface area (Å²) in [7, 11) is 1.63. The molecule has 0 aliphatic carbocycles. The number of amides is 1. The first-order valence-electron chi connectivity index (χ1n) is 8.87. The molecule has 1 fully saturated rings. The smallest absolute Gasteiger partial charge is 0.253 e. The summed E-state index contributed by atoms with van der Waals surface area (Å²) in [4.78, 5) is 14.6. The molecule has 2 aromatic carbocycles. The van der Waals surface area contributed by atoms with E-state index in [-0.39, 0.29) is 19.1 Å². The number of β-amino-alcohol motifs (C(OH)–C–C–N with tert-alkyl or cyclic N) is 1. The molecule has 0 radical (unpaired) electrons. The van der Waals surface area contributed by atoms with Crippen molar-refractivity contribution in [2.24, 2.45) is 0 Å². The molecule has 1 aliphatic heterocycles. The molecular weight excluding hydrogens is 330 g/mol. The van der Waals surface area contributed by atoms with Gasteiger partial charge < -0.3 is 19.5 Å². The molecule has 1 N–H and O–H groups in total. The third kappa shape index (κ3) is 4.62. The minimum absolute atomic E-state index is 0.0687. The number of methoxy groups -OCH3 is 1. The summed E-state index contributed by atoms with van der Waals surface area (Å²) in [5.41, 5.74) is 0.541. The number of rotatable bonds is 6. The van der Waals surface area contributed by atoms with Crippen LogP contribution in [0, 0.1) is 0 Å². The summed E-state index contributed by atoms with van der Waals surface area (Å²) in [6.07, 6.45) is 1.37. The van der Waals surface area contributed by atoms with Crippen LogP contribution >= 0.6 is 0 Å². The maximum atomic E-state index is 12.9. The zero-order chi connectivity index (χ0) is 18.4. The molecule has 0 bridgehead atoms. The molecule has 0 saturated carbocycles. The number of carbonyl (C=O) groups is 1. The monoisotopic (exact) mass is 355 g/mol. The highest BCUT2D eigenvalue weighted by atomic mass is 16.5. The predicted molar refractivity (Wildman–Crippen MR) is 99.2 cm³/mol. The molecule has 2 aromatic rings. The number of benzene rings is 2. The van der Waals surface area contributed by atoms with Crippen LogP contribution in [0.2, 0.25) is 0 Å². The number of para-hydroxylation sites is 1. The number of hydrogen-bond acceptors (Lipinski definition) is 4. The van der Waals surface area contributed by atoms with E-state index in [0.29, 0.717) is 25.1 Å². The third-order valence-corrected chi connectivity index (χ3v) is 4.58. The lowest BCUT2D eigenvalue weighted by atomic mass is 9.93. The van der Waals surface area contributed by atoms with Crippen molar-refractivity contribution in [2.45, 2.75) is 25.0 Å². The predicted octanol–water partition coefficient (Wildman–Crippen LogP) is 2.88. The second-order valence-corrected chi connectivity index (χ2v) is 6.79. The fourth-order valence-electron chi connectivity index (χ4n) is 3.28. The van der Waals surface area contributed by atoms with Gasteiger partial charge in [-0.05, 0) is 42.7 Å². The van der Waals surface area contributed by atoms with E-state index in [0.717, 1.165) is 17.7 Å². The molecule has 3 rings (SSSR count). The molecule has 1 heterocycles. The quantitative estimate of drug-likeness (QED) is 0.866. The zero-order valence-corrected chi connectivity index (χ0v) is 15.1. The van der Waals surface area contributed by atoms with Crippen LogP contribution in [0.15, 0.2) is 54.6 Å². The van der Waals surface area contributed by atoms with Crippen molar-refractivity contribution in [2.75, 3.05) is 26.8 Å². The molecule has 26 heavy (non-hydrogen) atoms. The largest absolute Gasteiger partial charge is 0.491 e. The number of nitrogens with zero attached hydrogens (tertiary/aromatic N) is 1. The lowest BCUT2D eigenvalue weighted by Crippen LogP contribution is -2.53. The zero-order valence-electron chi connectivity index (χ0n) is 15.1. The molecule has 1 unspecified atom stereocenters. The molecule has 1 atom stereocenters. The van der Waals surface area contributed by atoms with Gasteiger partial charge >= 0.3 is 0 Å². The van der Waals surface area contributed by atoms with Crippen molar-refractivity contribution in [1.29, 1.82) is 0 Å². The van der Waals surface area contributed by atoms with Crippen molar-refractivity contribution in [1.82, 2.24) is 4.90 Å². The summed E-state index contributed by atoms with van der Waals surface area (Å²) in [6, 6.07) is 16.9. The molecule has 5 heteroatoms. The van der Waals surface area contributed by atoms with Gasteiger partial charge in [-0.1, -0.05) is 30.3 Å². The summed E-state index contributed by atoms with van der Waals surface area (Å²) in [5.74, 6) is 0.650. The fraction of sp³-hybridized carbons (Fsp3) is 0.381. The standard InChI is InChI=1S/C21H25NO4/c1-25-14-17-7-5-8-18(13-17)20(23)22-12-6-11-21(24,15-22)16-26-19-9-3-2-4-10-19/h2-5,7-10,13,24H,6,11-12,14-16H2,1H3. The fourth-order valence-corrected chi connectivity index (χ4v) is 3.28. The average Bonchev–Trinajstić information content (AvgIpc) is 2.67. The number of carbonyl (C=O) groups excluding carboxylic acids is 1. The van der Waals surface area contributed by atoms with Crippen LogP contribution in [-0.4, -0.2) is 48.3 Å². The number of aliphatic hydroxyl groups is 1. The Bertz CT molecular complexity index is 734. The average molecular weight is 355 g/mol. The van der Waals surface area contributed by atoms with Gasteiger partial charge in [-0.3, -0.25) is 4.79 Å². The van der Waals surface area contributed by atoms with Crippen molar-refractivity contribution in [3.63, 3.8) is 0 Å². The molecule has 1 amide bonds. The first-order chi connectivity index (χ1) is 12.6. The van der Waals surface area contributed by atoms with E-state index < -0.39 is 5.60 Å². The Labute approximate surface area is 154 Å². The Morgan fingerprint density at radius 1 is 1.19 bits per heavy atom. The van der Waals surface area contributed by atoms with E-state index in [1.54, 1.807) is 18.1 Å². The van der Waals surface area contributed by atoms with Crippen molar-refractivity contribution in [3.05, 3.63) is 65.7 Å². The van der Waals surface area contributed by atoms with Gasteiger partial charge in [0, 0.05) is 19.2 Å². The van der Waals surface area contributed by atoms with E-state index in [1.165, 1.54) is 0 Å². The van der Waals surface area contributed by atoms with E-state index in [1.807, 2.05) is 48.5 Å². The van der Waals surface area contributed by atoms with Gasteiger partial charge in [0.2, 0.25) is 0 Å². The normalized spacial score (nSPS) is 20.0. The molecule has 0 aromatic heterocycles. The van der Waals surface area contributed by atoms with Crippen LogP contribution in [0.3, 0.4) is 0 Å². The number of hydrogen-bond donors (Lipinski definition) is 1.